The van der Waals surface area contributed by atoms with Crippen molar-refractivity contribution in [2.75, 3.05) is 0 Å². The number of rotatable bonds is 4. The normalized spacial score (nSPS) is 15.5. The van der Waals surface area contributed by atoms with Gasteiger partial charge in [0, 0.05) is 0 Å². The van der Waals surface area contributed by atoms with Gasteiger partial charge in [0.1, 0.15) is 11.5 Å². The molecule has 2 atom stereocenters. The molecule has 2 rings (SSSR count). The van der Waals surface area contributed by atoms with E-state index in [0.717, 1.165) is 0 Å². The van der Waals surface area contributed by atoms with Crippen LogP contribution in [-0.4, -0.2) is 16.2 Å². The number of carbonyl (C=O) groups is 1. The second-order valence-corrected chi connectivity index (χ2v) is 4.70. The van der Waals surface area contributed by atoms with E-state index in [2.05, 4.69) is 0 Å². The first-order valence-corrected chi connectivity index (χ1v) is 6.09. The Balaban J connectivity index is 2.48. The van der Waals surface area contributed by atoms with Gasteiger partial charge in [-0.15, -0.1) is 0 Å². The largest absolute Gasteiger partial charge is 0.481 e. The van der Waals surface area contributed by atoms with Crippen LogP contribution in [0.15, 0.2) is 60.7 Å². The van der Waals surface area contributed by atoms with Gasteiger partial charge in [-0.05, 0) is 18.1 Å². The molecule has 0 bridgehead atoms. The van der Waals surface area contributed by atoms with Crippen molar-refractivity contribution in [3.63, 3.8) is 0 Å². The molecule has 3 heteroatoms. The van der Waals surface area contributed by atoms with Gasteiger partial charge < -0.3 is 10.2 Å². The number of aliphatic carboxylic acids is 1. The number of hydrogen-bond donors (Lipinski definition) is 2. The second-order valence-electron chi connectivity index (χ2n) is 4.70. The summed E-state index contributed by atoms with van der Waals surface area (Å²) in [7, 11) is 0. The smallest absolute Gasteiger partial charge is 0.314 e. The third-order valence-corrected chi connectivity index (χ3v) is 3.30. The van der Waals surface area contributed by atoms with Crippen molar-refractivity contribution in [3.05, 3.63) is 71.8 Å². The molecule has 0 fully saturated rings. The van der Waals surface area contributed by atoms with Crippen molar-refractivity contribution < 1.29 is 15.0 Å². The Labute approximate surface area is 112 Å². The fourth-order valence-corrected chi connectivity index (χ4v) is 2.30. The number of carboxylic acids is 1. The Hall–Kier alpha value is -2.13. The fourth-order valence-electron chi connectivity index (χ4n) is 2.30. The minimum Gasteiger partial charge on any atom is -0.481 e. The highest BCUT2D eigenvalue weighted by Crippen LogP contribution is 2.36. The zero-order valence-corrected chi connectivity index (χ0v) is 10.7. The maximum absolute atomic E-state index is 11.6. The SMILES string of the molecule is C[C@](O)(c1ccccc1)[C@H](C(=O)O)c1ccccc1. The van der Waals surface area contributed by atoms with E-state index in [-0.39, 0.29) is 0 Å². The highest BCUT2D eigenvalue weighted by atomic mass is 16.4. The quantitative estimate of drug-likeness (QED) is 0.884. The molecule has 2 aromatic carbocycles. The van der Waals surface area contributed by atoms with Crippen molar-refractivity contribution in [1.82, 2.24) is 0 Å². The van der Waals surface area contributed by atoms with Crippen molar-refractivity contribution in [3.8, 4) is 0 Å². The summed E-state index contributed by atoms with van der Waals surface area (Å²) < 4.78 is 0. The van der Waals surface area contributed by atoms with Gasteiger partial charge in [0.05, 0.1) is 0 Å². The average Bonchev–Trinajstić information content (AvgIpc) is 2.40. The monoisotopic (exact) mass is 256 g/mol. The summed E-state index contributed by atoms with van der Waals surface area (Å²) in [6, 6.07) is 17.7. The molecule has 2 N–H and O–H groups in total. The Kier molecular flexibility index (Phi) is 3.67. The Morgan fingerprint density at radius 3 is 1.95 bits per heavy atom. The summed E-state index contributed by atoms with van der Waals surface area (Å²) in [5.74, 6) is -2.05. The summed E-state index contributed by atoms with van der Waals surface area (Å²) in [5, 5.41) is 20.2. The molecule has 0 aromatic heterocycles. The van der Waals surface area contributed by atoms with Crippen LogP contribution in [0.1, 0.15) is 24.0 Å². The lowest BCUT2D eigenvalue weighted by Crippen LogP contribution is -2.35. The van der Waals surface area contributed by atoms with Crippen LogP contribution in [0.3, 0.4) is 0 Å². The van der Waals surface area contributed by atoms with Crippen LogP contribution < -0.4 is 0 Å². The third kappa shape index (κ3) is 2.66. The lowest BCUT2D eigenvalue weighted by molar-refractivity contribution is -0.145. The lowest BCUT2D eigenvalue weighted by Gasteiger charge is -2.30. The van der Waals surface area contributed by atoms with Gasteiger partial charge in [-0.1, -0.05) is 60.7 Å². The molecule has 0 spiro atoms. The summed E-state index contributed by atoms with van der Waals surface area (Å²) in [6.07, 6.45) is 0. The summed E-state index contributed by atoms with van der Waals surface area (Å²) >= 11 is 0. The van der Waals surface area contributed by atoms with E-state index < -0.39 is 17.5 Å². The van der Waals surface area contributed by atoms with E-state index in [9.17, 15) is 15.0 Å². The molecule has 0 unspecified atom stereocenters. The first-order chi connectivity index (χ1) is 9.03. The maximum Gasteiger partial charge on any atom is 0.314 e. The molecule has 0 aliphatic carbocycles. The fraction of sp³-hybridized carbons (Fsp3) is 0.188. The Morgan fingerprint density at radius 1 is 1.00 bits per heavy atom. The molecular weight excluding hydrogens is 240 g/mol. The summed E-state index contributed by atoms with van der Waals surface area (Å²) in [5.41, 5.74) is -0.288. The van der Waals surface area contributed by atoms with Crippen LogP contribution >= 0.6 is 0 Å². The molecule has 0 heterocycles. The molecule has 0 saturated carbocycles. The molecule has 0 aliphatic rings. The van der Waals surface area contributed by atoms with E-state index in [4.69, 9.17) is 0 Å². The highest BCUT2D eigenvalue weighted by molar-refractivity contribution is 5.78. The van der Waals surface area contributed by atoms with Gasteiger partial charge in [-0.25, -0.2) is 0 Å². The lowest BCUT2D eigenvalue weighted by atomic mass is 9.78. The predicted molar refractivity (Wildman–Crippen MR) is 72.8 cm³/mol. The van der Waals surface area contributed by atoms with Crippen molar-refractivity contribution in [2.45, 2.75) is 18.4 Å². The van der Waals surface area contributed by atoms with Crippen LogP contribution in [0.2, 0.25) is 0 Å². The number of benzene rings is 2. The van der Waals surface area contributed by atoms with Crippen molar-refractivity contribution >= 4 is 5.97 Å². The first-order valence-electron chi connectivity index (χ1n) is 6.09. The van der Waals surface area contributed by atoms with Crippen LogP contribution in [0.4, 0.5) is 0 Å². The van der Waals surface area contributed by atoms with Crippen LogP contribution in [0, 0.1) is 0 Å². The van der Waals surface area contributed by atoms with Crippen LogP contribution in [-0.2, 0) is 10.4 Å². The van der Waals surface area contributed by atoms with Gasteiger partial charge in [0.25, 0.3) is 0 Å². The van der Waals surface area contributed by atoms with Gasteiger partial charge in [-0.2, -0.15) is 0 Å². The van der Waals surface area contributed by atoms with Gasteiger partial charge in [0.15, 0.2) is 0 Å². The second kappa shape index (κ2) is 5.24. The standard InChI is InChI=1S/C16H16O3/c1-16(19,13-10-6-3-7-11-13)14(15(17)18)12-8-4-2-5-9-12/h2-11,14,19H,1H3,(H,17,18)/t14-,16-/m0/s1. The summed E-state index contributed by atoms with van der Waals surface area (Å²) in [6.45, 7) is 1.54. The van der Waals surface area contributed by atoms with Crippen molar-refractivity contribution in [2.24, 2.45) is 0 Å². The predicted octanol–water partition coefficient (Wildman–Crippen LogP) is 2.76. The molecule has 0 radical (unpaired) electrons. The zero-order valence-electron chi connectivity index (χ0n) is 10.7. The Morgan fingerprint density at radius 2 is 1.47 bits per heavy atom. The van der Waals surface area contributed by atoms with E-state index in [1.165, 1.54) is 6.92 Å². The van der Waals surface area contributed by atoms with E-state index in [1.54, 1.807) is 48.5 Å². The first kappa shape index (κ1) is 13.3. The molecule has 0 saturated heterocycles. The van der Waals surface area contributed by atoms with Crippen LogP contribution in [0.5, 0.6) is 0 Å². The number of carboxylic acid groups (broad SMARTS) is 1. The zero-order chi connectivity index (χ0) is 13.9. The Bertz CT molecular complexity index is 547. The molecule has 2 aromatic rings. The van der Waals surface area contributed by atoms with Gasteiger partial charge in [-0.3, -0.25) is 4.79 Å². The van der Waals surface area contributed by atoms with E-state index in [1.807, 2.05) is 12.1 Å². The summed E-state index contributed by atoms with van der Waals surface area (Å²) in [4.78, 5) is 11.6. The average molecular weight is 256 g/mol. The number of hydrogen-bond acceptors (Lipinski definition) is 2. The van der Waals surface area contributed by atoms with E-state index in [0.29, 0.717) is 11.1 Å². The van der Waals surface area contributed by atoms with Crippen molar-refractivity contribution in [1.29, 1.82) is 0 Å². The molecule has 3 nitrogen and oxygen atoms in total. The molecule has 19 heavy (non-hydrogen) atoms. The molecule has 0 amide bonds. The topological polar surface area (TPSA) is 57.5 Å². The van der Waals surface area contributed by atoms with E-state index >= 15 is 0 Å². The number of aliphatic hydroxyl groups is 1. The highest BCUT2D eigenvalue weighted by Gasteiger charge is 2.40. The minimum absolute atomic E-state index is 0.587. The maximum atomic E-state index is 11.6. The van der Waals surface area contributed by atoms with Gasteiger partial charge in [0.2, 0.25) is 0 Å². The third-order valence-electron chi connectivity index (χ3n) is 3.30. The van der Waals surface area contributed by atoms with Gasteiger partial charge >= 0.3 is 5.97 Å². The molecule has 98 valence electrons. The molecular formula is C16H16O3. The molecule has 0 aliphatic heterocycles. The minimum atomic E-state index is -1.46. The van der Waals surface area contributed by atoms with Crippen LogP contribution in [0.25, 0.3) is 0 Å².